The zero-order valence-corrected chi connectivity index (χ0v) is 14.0. The van der Waals surface area contributed by atoms with Gasteiger partial charge >= 0.3 is 0 Å². The Kier molecular flexibility index (Phi) is 2.65. The van der Waals surface area contributed by atoms with E-state index in [0.717, 1.165) is 22.3 Å². The summed E-state index contributed by atoms with van der Waals surface area (Å²) in [6.45, 7) is 4.54. The molecule has 2 aliphatic carbocycles. The lowest BCUT2D eigenvalue weighted by Crippen LogP contribution is -2.28. The monoisotopic (exact) mass is 323 g/mol. The molecule has 7 heteroatoms. The maximum absolute atomic E-state index is 6.20. The summed E-state index contributed by atoms with van der Waals surface area (Å²) in [4.78, 5) is 8.74. The van der Waals surface area contributed by atoms with E-state index in [4.69, 9.17) is 5.73 Å². The molecular weight excluding hydrogens is 302 g/mol. The van der Waals surface area contributed by atoms with Gasteiger partial charge in [0.2, 0.25) is 0 Å². The highest BCUT2D eigenvalue weighted by Gasteiger charge is 2.40. The highest BCUT2D eigenvalue weighted by molar-refractivity contribution is 5.99. The number of aromatic nitrogens is 6. The molecule has 3 aromatic heterocycles. The number of nitrogens with two attached hydrogens (primary N) is 1. The Hall–Kier alpha value is -2.44. The summed E-state index contributed by atoms with van der Waals surface area (Å²) in [5, 5.41) is 9.55. The highest BCUT2D eigenvalue weighted by atomic mass is 15.4. The van der Waals surface area contributed by atoms with Gasteiger partial charge in [0.25, 0.3) is 0 Å². The molecule has 3 heterocycles. The van der Waals surface area contributed by atoms with Crippen LogP contribution in [0.3, 0.4) is 0 Å². The summed E-state index contributed by atoms with van der Waals surface area (Å²) in [6.07, 6.45) is 10.6. The number of nitrogen functional groups attached to an aromatic ring is 1. The molecule has 2 N–H and O–H groups in total. The molecule has 0 aromatic carbocycles. The fourth-order valence-corrected chi connectivity index (χ4v) is 3.62. The summed E-state index contributed by atoms with van der Waals surface area (Å²) in [5.74, 6) is 1.18. The lowest BCUT2D eigenvalue weighted by Gasteiger charge is -2.27. The minimum Gasteiger partial charge on any atom is -0.383 e. The molecule has 0 aliphatic heterocycles. The number of rotatable bonds is 4. The molecule has 2 aliphatic rings. The minimum atomic E-state index is 0.00375. The van der Waals surface area contributed by atoms with Crippen molar-refractivity contribution >= 4 is 16.9 Å². The Morgan fingerprint density at radius 2 is 1.92 bits per heavy atom. The summed E-state index contributed by atoms with van der Waals surface area (Å²) in [6, 6.07) is 0.510. The SMILES string of the molecule is CC(C)(C1CC1)n1cc(-c2cn(C3CC3)nn2)c2c(N)ncnc21. The van der Waals surface area contributed by atoms with Crippen LogP contribution in [0.4, 0.5) is 5.82 Å². The summed E-state index contributed by atoms with van der Waals surface area (Å²) >= 11 is 0. The second-order valence-corrected chi connectivity index (χ2v) is 7.61. The van der Waals surface area contributed by atoms with Gasteiger partial charge < -0.3 is 10.3 Å². The molecule has 0 amide bonds. The van der Waals surface area contributed by atoms with E-state index in [-0.39, 0.29) is 5.54 Å². The first-order valence-electron chi connectivity index (χ1n) is 8.60. The Morgan fingerprint density at radius 3 is 2.62 bits per heavy atom. The van der Waals surface area contributed by atoms with Crippen LogP contribution < -0.4 is 5.73 Å². The van der Waals surface area contributed by atoms with Crippen molar-refractivity contribution in [2.75, 3.05) is 5.73 Å². The van der Waals surface area contributed by atoms with Crippen molar-refractivity contribution in [2.45, 2.75) is 51.1 Å². The van der Waals surface area contributed by atoms with Gasteiger partial charge in [0.1, 0.15) is 23.5 Å². The Bertz CT molecular complexity index is 928. The lowest BCUT2D eigenvalue weighted by atomic mass is 9.98. The molecule has 124 valence electrons. The van der Waals surface area contributed by atoms with E-state index in [9.17, 15) is 0 Å². The first-order valence-corrected chi connectivity index (χ1v) is 8.60. The number of nitrogens with zero attached hydrogens (tertiary/aromatic N) is 6. The van der Waals surface area contributed by atoms with Crippen LogP contribution in [0, 0.1) is 5.92 Å². The Morgan fingerprint density at radius 1 is 1.12 bits per heavy atom. The van der Waals surface area contributed by atoms with Crippen LogP contribution in [-0.2, 0) is 5.54 Å². The minimum absolute atomic E-state index is 0.00375. The maximum Gasteiger partial charge on any atom is 0.146 e. The van der Waals surface area contributed by atoms with Gasteiger partial charge in [-0.1, -0.05) is 5.21 Å². The molecule has 0 saturated heterocycles. The van der Waals surface area contributed by atoms with Gasteiger partial charge in [-0.2, -0.15) is 0 Å². The normalized spacial score (nSPS) is 18.4. The number of fused-ring (bicyclic) bond motifs is 1. The van der Waals surface area contributed by atoms with Gasteiger partial charge in [-0.3, -0.25) is 0 Å². The average molecular weight is 323 g/mol. The predicted octanol–water partition coefficient (Wildman–Crippen LogP) is 2.75. The first kappa shape index (κ1) is 13.9. The predicted molar refractivity (Wildman–Crippen MR) is 91.3 cm³/mol. The van der Waals surface area contributed by atoms with Gasteiger partial charge in [0, 0.05) is 17.3 Å². The van der Waals surface area contributed by atoms with E-state index in [0.29, 0.717) is 17.8 Å². The van der Waals surface area contributed by atoms with Crippen LogP contribution in [0.5, 0.6) is 0 Å². The van der Waals surface area contributed by atoms with Gasteiger partial charge in [-0.15, -0.1) is 5.10 Å². The quantitative estimate of drug-likeness (QED) is 0.797. The molecule has 0 unspecified atom stereocenters. The lowest BCUT2D eigenvalue weighted by molar-refractivity contribution is 0.313. The van der Waals surface area contributed by atoms with Crippen LogP contribution in [0.1, 0.15) is 45.6 Å². The van der Waals surface area contributed by atoms with Gasteiger partial charge in [-0.25, -0.2) is 14.6 Å². The molecule has 0 atom stereocenters. The molecule has 5 rings (SSSR count). The van der Waals surface area contributed by atoms with E-state index in [1.165, 1.54) is 25.7 Å². The van der Waals surface area contributed by atoms with E-state index < -0.39 is 0 Å². The van der Waals surface area contributed by atoms with Crippen LogP contribution in [0.2, 0.25) is 0 Å². The van der Waals surface area contributed by atoms with Crippen molar-refractivity contribution < 1.29 is 0 Å². The van der Waals surface area contributed by atoms with Gasteiger partial charge in [0.05, 0.1) is 17.6 Å². The van der Waals surface area contributed by atoms with Crippen molar-refractivity contribution in [3.05, 3.63) is 18.7 Å². The van der Waals surface area contributed by atoms with Crippen molar-refractivity contribution in [2.24, 2.45) is 5.92 Å². The van der Waals surface area contributed by atoms with Crippen molar-refractivity contribution in [3.63, 3.8) is 0 Å². The van der Waals surface area contributed by atoms with E-state index in [1.54, 1.807) is 6.33 Å². The van der Waals surface area contributed by atoms with Crippen molar-refractivity contribution in [3.8, 4) is 11.3 Å². The smallest absolute Gasteiger partial charge is 0.146 e. The summed E-state index contributed by atoms with van der Waals surface area (Å²) in [5.41, 5.74) is 8.91. The first-order chi connectivity index (χ1) is 11.6. The topological polar surface area (TPSA) is 87.4 Å². The molecule has 2 saturated carbocycles. The number of hydrogen-bond donors (Lipinski definition) is 1. The fraction of sp³-hybridized carbons (Fsp3) is 0.529. The molecule has 7 nitrogen and oxygen atoms in total. The third kappa shape index (κ3) is 1.96. The van der Waals surface area contributed by atoms with Crippen LogP contribution >= 0.6 is 0 Å². The molecule has 24 heavy (non-hydrogen) atoms. The number of hydrogen-bond acceptors (Lipinski definition) is 5. The number of anilines is 1. The largest absolute Gasteiger partial charge is 0.383 e. The Balaban J connectivity index is 1.72. The van der Waals surface area contributed by atoms with Gasteiger partial charge in [0.15, 0.2) is 0 Å². The summed E-state index contributed by atoms with van der Waals surface area (Å²) in [7, 11) is 0. The maximum atomic E-state index is 6.20. The second kappa shape index (κ2) is 4.55. The highest BCUT2D eigenvalue weighted by Crippen LogP contribution is 2.46. The fourth-order valence-electron chi connectivity index (χ4n) is 3.62. The second-order valence-electron chi connectivity index (χ2n) is 7.61. The van der Waals surface area contributed by atoms with E-state index in [1.807, 2.05) is 10.9 Å². The third-order valence-electron chi connectivity index (χ3n) is 5.52. The van der Waals surface area contributed by atoms with Crippen molar-refractivity contribution in [1.82, 2.24) is 29.5 Å². The van der Waals surface area contributed by atoms with E-state index in [2.05, 4.69) is 44.9 Å². The van der Waals surface area contributed by atoms with Crippen LogP contribution in [0.15, 0.2) is 18.7 Å². The molecule has 3 aromatic rings. The molecule has 0 spiro atoms. The molecular formula is C17H21N7. The molecule has 0 bridgehead atoms. The van der Waals surface area contributed by atoms with Crippen LogP contribution in [-0.4, -0.2) is 29.5 Å². The van der Waals surface area contributed by atoms with E-state index >= 15 is 0 Å². The Labute approximate surface area is 139 Å². The standard InChI is InChI=1S/C17H21N7/c1-17(2,10-3-4-10)23-7-12(14-15(18)19-9-20-16(14)23)13-8-24(22-21-13)11-5-6-11/h7-11H,3-6H2,1-2H3,(H2,18,19,20). The molecule has 0 radical (unpaired) electrons. The zero-order valence-electron chi connectivity index (χ0n) is 14.0. The summed E-state index contributed by atoms with van der Waals surface area (Å²) < 4.78 is 4.22. The van der Waals surface area contributed by atoms with Crippen LogP contribution in [0.25, 0.3) is 22.3 Å². The molecule has 2 fully saturated rings. The average Bonchev–Trinajstić information content (AvgIpc) is 3.48. The zero-order chi connectivity index (χ0) is 16.5. The van der Waals surface area contributed by atoms with Gasteiger partial charge in [-0.05, 0) is 45.4 Å². The van der Waals surface area contributed by atoms with Crippen molar-refractivity contribution in [1.29, 1.82) is 0 Å². The third-order valence-corrected chi connectivity index (χ3v) is 5.52.